The van der Waals surface area contributed by atoms with E-state index in [0.29, 0.717) is 17.6 Å². The standard InChI is InChI=1S/C18H23N5O5/c19-15-12-16(22-11(21-15)4-3-7-18(27)5-1-2-6-18)23(9-20-12)17-14(26)13(25)10(8-24)28-17/h9-10,13-14,17,24-27H,1-2,5-8H2,(H2,19,21,22)/t10-,13?,14?,17-/m1/s1. The number of imidazole rings is 1. The highest BCUT2D eigenvalue weighted by atomic mass is 16.6. The van der Waals surface area contributed by atoms with Crippen molar-refractivity contribution >= 4 is 17.0 Å². The number of aliphatic hydroxyl groups is 4. The molecule has 2 aromatic rings. The number of aliphatic hydroxyl groups excluding tert-OH is 3. The van der Waals surface area contributed by atoms with Gasteiger partial charge in [-0.2, -0.15) is 0 Å². The Hall–Kier alpha value is -2.29. The van der Waals surface area contributed by atoms with Crippen molar-refractivity contribution in [3.8, 4) is 11.8 Å². The Kier molecular flexibility index (Phi) is 4.95. The zero-order valence-electron chi connectivity index (χ0n) is 15.2. The number of nitrogens with two attached hydrogens (primary N) is 1. The van der Waals surface area contributed by atoms with E-state index in [1.165, 1.54) is 10.9 Å². The van der Waals surface area contributed by atoms with Crippen molar-refractivity contribution in [1.29, 1.82) is 0 Å². The van der Waals surface area contributed by atoms with Gasteiger partial charge in [0.25, 0.3) is 0 Å². The van der Waals surface area contributed by atoms with Gasteiger partial charge in [0.15, 0.2) is 17.7 Å². The summed E-state index contributed by atoms with van der Waals surface area (Å²) in [6, 6.07) is 0. The Morgan fingerprint density at radius 2 is 2.00 bits per heavy atom. The molecule has 2 fully saturated rings. The van der Waals surface area contributed by atoms with Gasteiger partial charge in [0.1, 0.15) is 23.8 Å². The van der Waals surface area contributed by atoms with E-state index in [1.54, 1.807) is 0 Å². The Balaban J connectivity index is 1.64. The van der Waals surface area contributed by atoms with Gasteiger partial charge in [-0.3, -0.25) is 4.57 Å². The van der Waals surface area contributed by atoms with Crippen molar-refractivity contribution in [1.82, 2.24) is 19.5 Å². The van der Waals surface area contributed by atoms with Gasteiger partial charge in [-0.15, -0.1) is 0 Å². The number of hydrogen-bond donors (Lipinski definition) is 5. The molecule has 2 aromatic heterocycles. The van der Waals surface area contributed by atoms with Crippen LogP contribution in [0.5, 0.6) is 0 Å². The Bertz CT molecular complexity index is 930. The lowest BCUT2D eigenvalue weighted by molar-refractivity contribution is -0.0511. The van der Waals surface area contributed by atoms with E-state index in [4.69, 9.17) is 10.5 Å². The van der Waals surface area contributed by atoms with Crippen LogP contribution in [0, 0.1) is 11.8 Å². The topological polar surface area (TPSA) is 160 Å². The first-order valence-electron chi connectivity index (χ1n) is 9.26. The van der Waals surface area contributed by atoms with Gasteiger partial charge in [0, 0.05) is 6.42 Å². The average Bonchev–Trinajstić information content (AvgIpc) is 3.35. The molecular weight excluding hydrogens is 366 g/mol. The van der Waals surface area contributed by atoms with Gasteiger partial charge in [0.05, 0.1) is 18.5 Å². The van der Waals surface area contributed by atoms with E-state index < -0.39 is 36.7 Å². The van der Waals surface area contributed by atoms with Gasteiger partial charge in [-0.05, 0) is 18.8 Å². The van der Waals surface area contributed by atoms with Crippen LogP contribution in [0.1, 0.15) is 44.2 Å². The molecule has 2 aliphatic rings. The highest BCUT2D eigenvalue weighted by Gasteiger charge is 2.44. The van der Waals surface area contributed by atoms with E-state index in [9.17, 15) is 20.4 Å². The number of nitrogens with zero attached hydrogens (tertiary/aromatic N) is 4. The van der Waals surface area contributed by atoms with Crippen molar-refractivity contribution in [2.45, 2.75) is 62.2 Å². The minimum atomic E-state index is -1.27. The zero-order chi connectivity index (χ0) is 19.9. The molecule has 1 saturated heterocycles. The average molecular weight is 389 g/mol. The third kappa shape index (κ3) is 3.32. The lowest BCUT2D eigenvalue weighted by Crippen LogP contribution is -2.33. The predicted octanol–water partition coefficient (Wildman–Crippen LogP) is -0.933. The summed E-state index contributed by atoms with van der Waals surface area (Å²) in [6.07, 6.45) is 0.791. The maximum absolute atomic E-state index is 10.4. The molecule has 0 spiro atoms. The normalized spacial score (nSPS) is 29.1. The third-order valence-corrected chi connectivity index (χ3v) is 5.39. The predicted molar refractivity (Wildman–Crippen MR) is 97.7 cm³/mol. The summed E-state index contributed by atoms with van der Waals surface area (Å²) in [4.78, 5) is 12.7. The van der Waals surface area contributed by atoms with Crippen LogP contribution in [0.15, 0.2) is 6.33 Å². The molecule has 4 rings (SSSR count). The van der Waals surface area contributed by atoms with Crippen LogP contribution in [0.2, 0.25) is 0 Å². The number of fused-ring (bicyclic) bond motifs is 1. The van der Waals surface area contributed by atoms with Crippen molar-refractivity contribution < 1.29 is 25.2 Å². The number of hydrogen-bond acceptors (Lipinski definition) is 9. The summed E-state index contributed by atoms with van der Waals surface area (Å²) in [5.74, 6) is 6.05. The number of nitrogen functional groups attached to an aromatic ring is 1. The Morgan fingerprint density at radius 3 is 2.68 bits per heavy atom. The Morgan fingerprint density at radius 1 is 1.25 bits per heavy atom. The molecule has 3 heterocycles. The first-order valence-corrected chi connectivity index (χ1v) is 9.26. The molecule has 28 heavy (non-hydrogen) atoms. The molecule has 2 unspecified atom stereocenters. The molecule has 1 aliphatic heterocycles. The smallest absolute Gasteiger partial charge is 0.208 e. The van der Waals surface area contributed by atoms with E-state index in [-0.39, 0.29) is 11.6 Å². The fraction of sp³-hybridized carbons (Fsp3) is 0.611. The minimum absolute atomic E-state index is 0.124. The van der Waals surface area contributed by atoms with Crippen molar-refractivity contribution in [2.75, 3.05) is 12.3 Å². The largest absolute Gasteiger partial charge is 0.394 e. The van der Waals surface area contributed by atoms with Gasteiger partial charge in [0.2, 0.25) is 5.82 Å². The fourth-order valence-corrected chi connectivity index (χ4v) is 3.79. The molecule has 10 nitrogen and oxygen atoms in total. The second kappa shape index (κ2) is 7.27. The zero-order valence-corrected chi connectivity index (χ0v) is 15.2. The van der Waals surface area contributed by atoms with Gasteiger partial charge < -0.3 is 30.9 Å². The van der Waals surface area contributed by atoms with E-state index in [1.807, 2.05) is 0 Å². The summed E-state index contributed by atoms with van der Waals surface area (Å²) in [6.45, 7) is -0.432. The van der Waals surface area contributed by atoms with Crippen molar-refractivity contribution in [3.63, 3.8) is 0 Å². The Labute approximate surface area is 161 Å². The minimum Gasteiger partial charge on any atom is -0.394 e. The summed E-state index contributed by atoms with van der Waals surface area (Å²) in [5.41, 5.74) is 5.83. The van der Waals surface area contributed by atoms with Crippen LogP contribution in [0.3, 0.4) is 0 Å². The van der Waals surface area contributed by atoms with Crippen LogP contribution in [-0.2, 0) is 4.74 Å². The van der Waals surface area contributed by atoms with Gasteiger partial charge >= 0.3 is 0 Å². The van der Waals surface area contributed by atoms with E-state index in [2.05, 4.69) is 26.8 Å². The van der Waals surface area contributed by atoms with E-state index >= 15 is 0 Å². The highest BCUT2D eigenvalue weighted by molar-refractivity contribution is 5.82. The highest BCUT2D eigenvalue weighted by Crippen LogP contribution is 2.33. The number of aromatic nitrogens is 4. The summed E-state index contributed by atoms with van der Waals surface area (Å²) in [5, 5.41) is 39.9. The second-order valence-corrected chi connectivity index (χ2v) is 7.40. The maximum Gasteiger partial charge on any atom is 0.208 e. The van der Waals surface area contributed by atoms with Crippen molar-refractivity contribution in [2.24, 2.45) is 0 Å². The molecule has 0 aromatic carbocycles. The van der Waals surface area contributed by atoms with Gasteiger partial charge in [-0.1, -0.05) is 18.8 Å². The van der Waals surface area contributed by atoms with Crippen LogP contribution >= 0.6 is 0 Å². The molecule has 4 atom stereocenters. The van der Waals surface area contributed by atoms with Crippen LogP contribution in [-0.4, -0.2) is 70.5 Å². The summed E-state index contributed by atoms with van der Waals surface area (Å²) >= 11 is 0. The molecule has 0 radical (unpaired) electrons. The molecule has 0 amide bonds. The molecule has 150 valence electrons. The fourth-order valence-electron chi connectivity index (χ4n) is 3.79. The summed E-state index contributed by atoms with van der Waals surface area (Å²) < 4.78 is 6.97. The summed E-state index contributed by atoms with van der Waals surface area (Å²) in [7, 11) is 0. The molecule has 1 saturated carbocycles. The first-order chi connectivity index (χ1) is 13.4. The second-order valence-electron chi connectivity index (χ2n) is 7.40. The van der Waals surface area contributed by atoms with E-state index in [0.717, 1.165) is 25.7 Å². The molecule has 0 bridgehead atoms. The van der Waals surface area contributed by atoms with Crippen LogP contribution in [0.4, 0.5) is 5.82 Å². The molecule has 10 heteroatoms. The molecular formula is C18H23N5O5. The number of ether oxygens (including phenoxy) is 1. The third-order valence-electron chi connectivity index (χ3n) is 5.39. The van der Waals surface area contributed by atoms with Crippen molar-refractivity contribution in [3.05, 3.63) is 12.2 Å². The van der Waals surface area contributed by atoms with Crippen LogP contribution < -0.4 is 5.73 Å². The maximum atomic E-state index is 10.4. The lowest BCUT2D eigenvalue weighted by Gasteiger charge is -2.17. The monoisotopic (exact) mass is 389 g/mol. The quantitative estimate of drug-likeness (QED) is 0.418. The first kappa shape index (κ1) is 19.0. The van der Waals surface area contributed by atoms with Crippen LogP contribution in [0.25, 0.3) is 11.2 Å². The SMILES string of the molecule is Nc1nc(C#CCC2(O)CCCC2)nc2c1ncn2[C@@H]1O[C@H](CO)C(O)C1O. The number of rotatable bonds is 3. The molecule has 1 aliphatic carbocycles. The van der Waals surface area contributed by atoms with Gasteiger partial charge in [-0.25, -0.2) is 15.0 Å². The lowest BCUT2D eigenvalue weighted by atomic mass is 9.99. The molecule has 6 N–H and O–H groups in total. The number of anilines is 1.